The van der Waals surface area contributed by atoms with E-state index in [1.165, 1.54) is 18.4 Å². The Labute approximate surface area is 161 Å². The molecule has 0 saturated heterocycles. The molecule has 1 atom stereocenters. The van der Waals surface area contributed by atoms with E-state index in [-0.39, 0.29) is 5.75 Å². The Balaban J connectivity index is 2.08. The molecule has 27 heavy (non-hydrogen) atoms. The van der Waals surface area contributed by atoms with Gasteiger partial charge in [-0.1, -0.05) is 6.07 Å². The molecule has 2 amide bonds. The number of sulfone groups is 1. The molecule has 0 radical (unpaired) electrons. The first-order valence-corrected chi connectivity index (χ1v) is 11.2. The van der Waals surface area contributed by atoms with Gasteiger partial charge in [-0.05, 0) is 24.6 Å². The molecule has 2 heterocycles. The zero-order chi connectivity index (χ0) is 19.8. The van der Waals surface area contributed by atoms with Gasteiger partial charge in [0.05, 0.1) is 36.6 Å². The summed E-state index contributed by atoms with van der Waals surface area (Å²) in [5.74, 6) is -0.450. The monoisotopic (exact) mass is 409 g/mol. The molecule has 1 aromatic carbocycles. The molecule has 0 fully saturated rings. The average Bonchev–Trinajstić information content (AvgIpc) is 3.17. The van der Waals surface area contributed by atoms with Crippen molar-refractivity contribution in [2.24, 2.45) is 0 Å². The minimum absolute atomic E-state index is 0.307. The van der Waals surface area contributed by atoms with Gasteiger partial charge in [-0.3, -0.25) is 14.5 Å². The van der Waals surface area contributed by atoms with E-state index in [0.29, 0.717) is 34.8 Å². The number of hydrogen-bond acceptors (Lipinski definition) is 7. The second kappa shape index (κ2) is 7.32. The highest BCUT2D eigenvalue weighted by Crippen LogP contribution is 2.37. The van der Waals surface area contributed by atoms with Crippen LogP contribution in [-0.4, -0.2) is 50.9 Å². The zero-order valence-corrected chi connectivity index (χ0v) is 16.7. The number of carbonyl (C=O) groups excluding carboxylic acids is 2. The van der Waals surface area contributed by atoms with Crippen LogP contribution in [0.3, 0.4) is 0 Å². The van der Waals surface area contributed by atoms with Gasteiger partial charge in [-0.15, -0.1) is 0 Å². The van der Waals surface area contributed by atoms with Gasteiger partial charge in [0, 0.05) is 17.0 Å². The minimum Gasteiger partial charge on any atom is -0.493 e. The molecule has 0 unspecified atom stereocenters. The van der Waals surface area contributed by atoms with Gasteiger partial charge >= 0.3 is 0 Å². The van der Waals surface area contributed by atoms with E-state index in [1.54, 1.807) is 29.0 Å². The maximum atomic E-state index is 12.8. The first kappa shape index (κ1) is 19.4. The number of amides is 2. The maximum absolute atomic E-state index is 12.8. The summed E-state index contributed by atoms with van der Waals surface area (Å²) in [6.07, 6.45) is 1.08. The predicted molar refractivity (Wildman–Crippen MR) is 101 cm³/mol. The summed E-state index contributed by atoms with van der Waals surface area (Å²) in [5, 5.41) is 3.21. The second-order valence-corrected chi connectivity index (χ2v) is 9.06. The van der Waals surface area contributed by atoms with Gasteiger partial charge in [0.15, 0.2) is 11.5 Å². The number of ether oxygens (including phenoxy) is 2. The van der Waals surface area contributed by atoms with Crippen molar-refractivity contribution in [3.63, 3.8) is 0 Å². The van der Waals surface area contributed by atoms with Gasteiger partial charge in [0.25, 0.3) is 11.8 Å². The normalized spacial score (nSPS) is 15.0. The van der Waals surface area contributed by atoms with Crippen LogP contribution in [0.2, 0.25) is 0 Å². The Morgan fingerprint density at radius 1 is 1.11 bits per heavy atom. The van der Waals surface area contributed by atoms with E-state index in [4.69, 9.17) is 9.47 Å². The number of nitrogens with zero attached hydrogens (tertiary/aromatic N) is 1. The molecule has 0 spiro atoms. The molecule has 0 N–H and O–H groups in total. The fourth-order valence-corrected chi connectivity index (χ4v) is 4.75. The summed E-state index contributed by atoms with van der Waals surface area (Å²) in [6.45, 7) is 2.19. The Bertz CT molecular complexity index is 965. The van der Waals surface area contributed by atoms with E-state index in [0.717, 1.165) is 11.2 Å². The van der Waals surface area contributed by atoms with Crippen LogP contribution in [0.4, 0.5) is 0 Å². The highest BCUT2D eigenvalue weighted by atomic mass is 32.2. The molecular formula is C18H19NO6S2. The molecule has 1 aliphatic heterocycles. The standard InChI is InChI=1S/C18H19NO6S2/c1-4-25-16-7-11(5-6-15(16)24-2)14(10-27(3,22)23)19-17(20)12-8-26-9-13(12)18(19)21/h5-9,14H,4,10H2,1-3H3/t14-/m0/s1. The van der Waals surface area contributed by atoms with Crippen molar-refractivity contribution >= 4 is 33.0 Å². The fraction of sp³-hybridized carbons (Fsp3) is 0.333. The van der Waals surface area contributed by atoms with Crippen LogP contribution < -0.4 is 9.47 Å². The maximum Gasteiger partial charge on any atom is 0.263 e. The summed E-state index contributed by atoms with van der Waals surface area (Å²) in [5.41, 5.74) is 1.10. The fourth-order valence-electron chi connectivity index (χ4n) is 3.04. The van der Waals surface area contributed by atoms with E-state index in [2.05, 4.69) is 0 Å². The minimum atomic E-state index is -3.48. The van der Waals surface area contributed by atoms with Crippen LogP contribution in [0.25, 0.3) is 0 Å². The smallest absolute Gasteiger partial charge is 0.263 e. The van der Waals surface area contributed by atoms with E-state index in [9.17, 15) is 18.0 Å². The van der Waals surface area contributed by atoms with E-state index >= 15 is 0 Å². The number of thiophene rings is 1. The summed E-state index contributed by atoms with van der Waals surface area (Å²) in [4.78, 5) is 26.6. The third-order valence-corrected chi connectivity index (χ3v) is 5.87. The number of rotatable bonds is 7. The Morgan fingerprint density at radius 3 is 2.26 bits per heavy atom. The van der Waals surface area contributed by atoms with Crippen LogP contribution in [-0.2, 0) is 9.84 Å². The first-order chi connectivity index (χ1) is 12.8. The molecule has 1 aliphatic rings. The molecule has 0 saturated carbocycles. The highest BCUT2D eigenvalue weighted by molar-refractivity contribution is 7.90. The van der Waals surface area contributed by atoms with Gasteiger partial charge in [-0.25, -0.2) is 8.42 Å². The average molecular weight is 409 g/mol. The molecule has 1 aromatic heterocycles. The Morgan fingerprint density at radius 2 is 1.74 bits per heavy atom. The van der Waals surface area contributed by atoms with Gasteiger partial charge in [-0.2, -0.15) is 11.3 Å². The number of hydrogen-bond donors (Lipinski definition) is 0. The summed E-state index contributed by atoms with van der Waals surface area (Å²) in [6, 6.07) is 3.94. The van der Waals surface area contributed by atoms with Crippen molar-refractivity contribution in [1.82, 2.24) is 4.90 Å². The quantitative estimate of drug-likeness (QED) is 0.653. The lowest BCUT2D eigenvalue weighted by Gasteiger charge is -2.27. The molecule has 0 bridgehead atoms. The van der Waals surface area contributed by atoms with E-state index in [1.807, 2.05) is 6.92 Å². The number of imide groups is 1. The SMILES string of the molecule is CCOc1cc([C@H](CS(C)(=O)=O)N2C(=O)c3cscc3C2=O)ccc1OC. The summed E-state index contributed by atoms with van der Waals surface area (Å²) < 4.78 is 34.9. The summed E-state index contributed by atoms with van der Waals surface area (Å²) in [7, 11) is -1.99. The highest BCUT2D eigenvalue weighted by Gasteiger charge is 2.42. The van der Waals surface area contributed by atoms with Gasteiger partial charge in [0.2, 0.25) is 0 Å². The van der Waals surface area contributed by atoms with Crippen molar-refractivity contribution < 1.29 is 27.5 Å². The van der Waals surface area contributed by atoms with Crippen LogP contribution in [0.1, 0.15) is 39.2 Å². The lowest BCUT2D eigenvalue weighted by atomic mass is 10.1. The first-order valence-electron chi connectivity index (χ1n) is 8.19. The van der Waals surface area contributed by atoms with Crippen LogP contribution in [0, 0.1) is 0 Å². The molecular weight excluding hydrogens is 390 g/mol. The number of benzene rings is 1. The molecule has 2 aromatic rings. The van der Waals surface area contributed by atoms with Crippen molar-refractivity contribution in [1.29, 1.82) is 0 Å². The van der Waals surface area contributed by atoms with Gasteiger partial charge < -0.3 is 9.47 Å². The molecule has 0 aliphatic carbocycles. The number of fused-ring (bicyclic) bond motifs is 1. The molecule has 9 heteroatoms. The van der Waals surface area contributed by atoms with Crippen LogP contribution in [0.15, 0.2) is 29.0 Å². The molecule has 7 nitrogen and oxygen atoms in total. The lowest BCUT2D eigenvalue weighted by molar-refractivity contribution is 0.0597. The lowest BCUT2D eigenvalue weighted by Crippen LogP contribution is -2.37. The van der Waals surface area contributed by atoms with Crippen LogP contribution >= 0.6 is 11.3 Å². The summed E-state index contributed by atoms with van der Waals surface area (Å²) >= 11 is 1.26. The third-order valence-electron chi connectivity index (χ3n) is 4.20. The van der Waals surface area contributed by atoms with Crippen LogP contribution in [0.5, 0.6) is 11.5 Å². The predicted octanol–water partition coefficient (Wildman–Crippen LogP) is 2.54. The zero-order valence-electron chi connectivity index (χ0n) is 15.1. The van der Waals surface area contributed by atoms with Crippen molar-refractivity contribution in [3.8, 4) is 11.5 Å². The topological polar surface area (TPSA) is 90.0 Å². The van der Waals surface area contributed by atoms with E-state index < -0.39 is 27.7 Å². The van der Waals surface area contributed by atoms with Crippen molar-refractivity contribution in [3.05, 3.63) is 45.6 Å². The Kier molecular flexibility index (Phi) is 5.25. The number of carbonyl (C=O) groups is 2. The largest absolute Gasteiger partial charge is 0.493 e. The third kappa shape index (κ3) is 3.70. The van der Waals surface area contributed by atoms with Gasteiger partial charge in [0.1, 0.15) is 9.84 Å². The number of methoxy groups -OCH3 is 1. The Hall–Kier alpha value is -2.39. The second-order valence-electron chi connectivity index (χ2n) is 6.13. The molecule has 144 valence electrons. The molecule has 3 rings (SSSR count). The van der Waals surface area contributed by atoms with Crippen molar-refractivity contribution in [2.45, 2.75) is 13.0 Å². The van der Waals surface area contributed by atoms with Crippen molar-refractivity contribution in [2.75, 3.05) is 25.7 Å².